The van der Waals surface area contributed by atoms with Gasteiger partial charge in [0.05, 0.1) is 51.4 Å². The largest absolute Gasteiger partial charge is 0.743 e. The first-order valence-electron chi connectivity index (χ1n) is 33.9. The highest BCUT2D eigenvalue weighted by Gasteiger charge is 2.57. The number of aryl methyl sites for hydroxylation is 4. The van der Waals surface area contributed by atoms with Crippen molar-refractivity contribution in [1.29, 1.82) is 10.5 Å². The third-order valence-electron chi connectivity index (χ3n) is 20.3. The van der Waals surface area contributed by atoms with Gasteiger partial charge in [0.1, 0.15) is 11.5 Å². The van der Waals surface area contributed by atoms with Crippen LogP contribution in [0, 0.1) is 96.7 Å². The molecule has 8 aliphatic rings. The summed E-state index contributed by atoms with van der Waals surface area (Å²) < 4.78 is 78.3. The van der Waals surface area contributed by atoms with E-state index in [2.05, 4.69) is 188 Å². The number of halogens is 2. The summed E-state index contributed by atoms with van der Waals surface area (Å²) in [5.41, 5.74) is 0.643. The van der Waals surface area contributed by atoms with E-state index < -0.39 is 51.4 Å². The summed E-state index contributed by atoms with van der Waals surface area (Å²) in [6.07, 6.45) is 13.1. The van der Waals surface area contributed by atoms with Gasteiger partial charge in [0.25, 0.3) is 0 Å². The van der Waals surface area contributed by atoms with E-state index in [1.165, 1.54) is 81.7 Å². The van der Waals surface area contributed by atoms with E-state index >= 15 is 0 Å². The van der Waals surface area contributed by atoms with E-state index in [4.69, 9.17) is 14.2 Å². The average molecular weight is 1390 g/mol. The van der Waals surface area contributed by atoms with E-state index in [0.29, 0.717) is 0 Å². The molecular formula is C78H87F2N4O11S3+. The van der Waals surface area contributed by atoms with Crippen molar-refractivity contribution in [1.82, 2.24) is 0 Å². The Hall–Kier alpha value is -7.75. The molecule has 0 aromatic heterocycles. The Morgan fingerprint density at radius 3 is 1.04 bits per heavy atom. The van der Waals surface area contributed by atoms with Gasteiger partial charge in [-0.25, -0.2) is 8.42 Å². The van der Waals surface area contributed by atoms with Gasteiger partial charge in [0.2, 0.25) is 0 Å². The first-order chi connectivity index (χ1) is 46.6. The van der Waals surface area contributed by atoms with E-state index in [1.807, 2.05) is 6.07 Å². The second kappa shape index (κ2) is 30.8. The Bertz CT molecular complexity index is 3700. The van der Waals surface area contributed by atoms with Crippen LogP contribution in [0.5, 0.6) is 11.5 Å². The van der Waals surface area contributed by atoms with Crippen LogP contribution in [0.2, 0.25) is 0 Å². The zero-order valence-corrected chi connectivity index (χ0v) is 59.3. The van der Waals surface area contributed by atoms with Crippen molar-refractivity contribution in [2.24, 2.45) is 56.6 Å². The fourth-order valence-electron chi connectivity index (χ4n) is 16.3. The molecule has 516 valence electrons. The number of carbonyl (C=O) groups excluding carboxylic acids is 4. The number of nitrogens with zero attached hydrogens (tertiary/aromatic N) is 4. The fraction of sp³-hybridized carbons (Fsp3) is 0.462. The molecule has 0 saturated heterocycles. The molecule has 15 nitrogen and oxygen atoms in total. The van der Waals surface area contributed by atoms with Crippen LogP contribution in [0.4, 0.5) is 8.78 Å². The highest BCUT2D eigenvalue weighted by atomic mass is 32.2. The summed E-state index contributed by atoms with van der Waals surface area (Å²) in [7, 11) is -6.41. The molecule has 2 unspecified atom stereocenters. The zero-order valence-electron chi connectivity index (χ0n) is 56.8. The Labute approximate surface area is 580 Å². The molecule has 6 aromatic carbocycles. The lowest BCUT2D eigenvalue weighted by Crippen LogP contribution is -2.51. The molecule has 6 aromatic rings. The molecule has 0 amide bonds. The van der Waals surface area contributed by atoms with E-state index in [0.717, 1.165) is 108 Å². The Balaban J connectivity index is 0.000000160. The lowest BCUT2D eigenvalue weighted by atomic mass is 9.49. The number of esters is 4. The normalized spacial score (nSPS) is 23.8. The molecule has 0 aliphatic heterocycles. The molecule has 0 heterocycles. The number of hydrogen-bond acceptors (Lipinski definition) is 15. The minimum Gasteiger partial charge on any atom is -0.743 e. The highest BCUT2D eigenvalue weighted by Crippen LogP contribution is 2.62. The van der Waals surface area contributed by atoms with Crippen LogP contribution in [0.15, 0.2) is 185 Å². The summed E-state index contributed by atoms with van der Waals surface area (Å²) in [4.78, 5) is 57.9. The highest BCUT2D eigenvalue weighted by molar-refractivity contribution is 7.97. The summed E-state index contributed by atoms with van der Waals surface area (Å²) in [5, 5.41) is 21.3. The second-order valence-electron chi connectivity index (χ2n) is 28.3. The van der Waals surface area contributed by atoms with Gasteiger partial charge in [-0.05, 0) is 245 Å². The van der Waals surface area contributed by atoms with Crippen LogP contribution >= 0.6 is 0 Å². The Kier molecular flexibility index (Phi) is 22.9. The maximum Gasteiger partial charge on any atom is 0.367 e. The number of rotatable bonds is 22. The van der Waals surface area contributed by atoms with E-state index in [-0.39, 0.29) is 70.4 Å². The van der Waals surface area contributed by atoms with Gasteiger partial charge in [0, 0.05) is 37.1 Å². The Morgan fingerprint density at radius 2 is 0.786 bits per heavy atom. The molecular weight excluding hydrogens is 1300 g/mol. The first-order valence-corrected chi connectivity index (χ1v) is 37.8. The molecule has 20 heteroatoms. The van der Waals surface area contributed by atoms with E-state index in [1.54, 1.807) is 13.0 Å². The number of carbonyl (C=O) groups is 4. The Morgan fingerprint density at radius 1 is 0.510 bits per heavy atom. The fourth-order valence-corrected chi connectivity index (χ4v) is 21.0. The SMILES string of the molecule is CCOC(=O)CCC(C)(C#N)N=NC(C)(C#N)CCC(=O)OCC(F)(F)S(=O)(=O)[O-].Cc1cc([S+](c2ccccc2)c2ccccc2)cc(C)c1OC(=O)C12CC3CC(CC(C3)C1)C2.Cc1cc([S+](c2ccccc2)c2ccccc2)cc(C)c1OC(=O)C12CC3CC(CC(C3)C1)C2. The molecule has 8 bridgehead atoms. The molecule has 0 spiro atoms. The zero-order chi connectivity index (χ0) is 70.2. The summed E-state index contributed by atoms with van der Waals surface area (Å²) in [6.45, 7) is 10.8. The maximum atomic E-state index is 13.6. The smallest absolute Gasteiger partial charge is 0.367 e. The molecule has 8 aliphatic carbocycles. The van der Waals surface area contributed by atoms with Crippen LogP contribution in [0.3, 0.4) is 0 Å². The van der Waals surface area contributed by atoms with Crippen molar-refractivity contribution in [3.63, 3.8) is 0 Å². The van der Waals surface area contributed by atoms with Crippen molar-refractivity contribution >= 4 is 55.8 Å². The quantitative estimate of drug-likeness (QED) is 0.0202. The molecule has 0 N–H and O–H groups in total. The minimum atomic E-state index is -6.00. The number of benzene rings is 6. The topological polar surface area (TPSA) is 235 Å². The summed E-state index contributed by atoms with van der Waals surface area (Å²) >= 11 is 0. The van der Waals surface area contributed by atoms with Crippen molar-refractivity contribution in [2.45, 2.75) is 197 Å². The number of hydrogen-bond donors (Lipinski definition) is 0. The van der Waals surface area contributed by atoms with Crippen LogP contribution in [0.25, 0.3) is 0 Å². The first kappa shape index (κ1) is 73.0. The van der Waals surface area contributed by atoms with Crippen LogP contribution in [0.1, 0.15) is 146 Å². The summed E-state index contributed by atoms with van der Waals surface area (Å²) in [6, 6.07) is 55.4. The molecule has 98 heavy (non-hydrogen) atoms. The van der Waals surface area contributed by atoms with Crippen molar-refractivity contribution in [3.05, 3.63) is 168 Å². The lowest BCUT2D eigenvalue weighted by Gasteiger charge is -2.55. The van der Waals surface area contributed by atoms with Gasteiger partial charge in [-0.15, -0.1) is 0 Å². The van der Waals surface area contributed by atoms with Crippen molar-refractivity contribution < 1.29 is 59.9 Å². The number of azo groups is 1. The molecule has 8 saturated carbocycles. The third kappa shape index (κ3) is 17.3. The average Bonchev–Trinajstić information content (AvgIpc) is 0.744. The van der Waals surface area contributed by atoms with Crippen LogP contribution < -0.4 is 9.47 Å². The second-order valence-corrected chi connectivity index (χ2v) is 33.9. The van der Waals surface area contributed by atoms with Crippen LogP contribution in [-0.4, -0.2) is 66.4 Å². The van der Waals surface area contributed by atoms with E-state index in [9.17, 15) is 51.5 Å². The molecule has 0 radical (unpaired) electrons. The monoisotopic (exact) mass is 1390 g/mol. The van der Waals surface area contributed by atoms with Gasteiger partial charge in [-0.2, -0.15) is 29.5 Å². The summed E-state index contributed by atoms with van der Waals surface area (Å²) in [5.74, 6) is 4.21. The predicted octanol–water partition coefficient (Wildman–Crippen LogP) is 16.8. The van der Waals surface area contributed by atoms with Gasteiger partial charge in [-0.3, -0.25) is 19.2 Å². The molecule has 14 rings (SSSR count). The predicted molar refractivity (Wildman–Crippen MR) is 368 cm³/mol. The number of ether oxygens (including phenoxy) is 4. The molecule has 2 atom stereocenters. The lowest BCUT2D eigenvalue weighted by molar-refractivity contribution is -0.162. The van der Waals surface area contributed by atoms with Crippen molar-refractivity contribution in [3.8, 4) is 23.6 Å². The number of alkyl halides is 2. The van der Waals surface area contributed by atoms with Gasteiger partial charge in [0.15, 0.2) is 57.2 Å². The van der Waals surface area contributed by atoms with Crippen LogP contribution in [-0.2, 0) is 60.6 Å². The van der Waals surface area contributed by atoms with Gasteiger partial charge >= 0.3 is 29.1 Å². The maximum absolute atomic E-state index is 13.6. The van der Waals surface area contributed by atoms with Gasteiger partial charge < -0.3 is 23.5 Å². The molecule has 8 fully saturated rings. The van der Waals surface area contributed by atoms with Gasteiger partial charge in [-0.1, -0.05) is 72.8 Å². The third-order valence-corrected chi connectivity index (χ3v) is 25.5. The minimum absolute atomic E-state index is 0.0377. The standard InChI is InChI=1S/2C31H33O2S.C16H22F2N4O7S/c2*1-21-13-28(34(26-9-5-3-6-10-26)27-11-7-4-8-12-27)14-22(2)29(21)33-30(32)31-18-23-15-24(19-31)17-25(16-23)20-31;1-4-28-12(23)5-7-14(2,9-19)21-22-15(3,10-20)8-6-13(24)29-11-16(17,18)30(25,26)27/h2*3-14,23-25H,15-20H2,1-2H3;4-8,11H2,1-3H3,(H,25,26,27)/q2*+1;/p-1. The number of nitriles is 2. The van der Waals surface area contributed by atoms with Crippen molar-refractivity contribution in [2.75, 3.05) is 13.2 Å².